The van der Waals surface area contributed by atoms with E-state index in [1.54, 1.807) is 13.8 Å². The lowest BCUT2D eigenvalue weighted by Gasteiger charge is -1.91. The zero-order valence-electron chi connectivity index (χ0n) is 7.53. The minimum atomic E-state index is -0.0692. The van der Waals surface area contributed by atoms with Crippen LogP contribution in [-0.2, 0) is 9.59 Å². The summed E-state index contributed by atoms with van der Waals surface area (Å²) in [5, 5.41) is 0.950. The Labute approximate surface area is 89.0 Å². The average molecular weight is 226 g/mol. The summed E-state index contributed by atoms with van der Waals surface area (Å²) in [5.41, 5.74) is 0.926. The lowest BCUT2D eigenvalue weighted by atomic mass is 10.5. The Morgan fingerprint density at radius 1 is 0.857 bits per heavy atom. The molecule has 72 valence electrons. The van der Waals surface area contributed by atoms with Gasteiger partial charge in [-0.2, -0.15) is 0 Å². The van der Waals surface area contributed by atoms with Crippen LogP contribution < -0.4 is 0 Å². The van der Waals surface area contributed by atoms with Crippen molar-refractivity contribution in [2.45, 2.75) is 13.8 Å². The molecule has 0 fully saturated rings. The summed E-state index contributed by atoms with van der Waals surface area (Å²) in [5.74, 6) is 0. The highest BCUT2D eigenvalue weighted by Gasteiger charge is 2.27. The van der Waals surface area contributed by atoms with E-state index in [-0.39, 0.29) is 10.2 Å². The predicted molar refractivity (Wildman–Crippen MR) is 58.4 cm³/mol. The Balaban J connectivity index is 2.38. The number of rotatable bonds is 0. The molecule has 0 saturated heterocycles. The number of carbonyl (C=O) groups excluding carboxylic acids is 2. The molecule has 0 N–H and O–H groups in total. The fourth-order valence-corrected chi connectivity index (χ4v) is 2.57. The molecule has 0 amide bonds. The lowest BCUT2D eigenvalue weighted by Crippen LogP contribution is -1.96. The fourth-order valence-electron chi connectivity index (χ4n) is 0.948. The Morgan fingerprint density at radius 3 is 1.43 bits per heavy atom. The maximum Gasteiger partial charge on any atom is 0.239 e. The molecule has 0 atom stereocenters. The van der Waals surface area contributed by atoms with E-state index < -0.39 is 0 Å². The van der Waals surface area contributed by atoms with E-state index in [2.05, 4.69) is 9.98 Å². The van der Waals surface area contributed by atoms with Gasteiger partial charge in [0.2, 0.25) is 10.2 Å². The van der Waals surface area contributed by atoms with E-state index in [4.69, 9.17) is 0 Å². The van der Waals surface area contributed by atoms with Crippen molar-refractivity contribution in [1.82, 2.24) is 0 Å². The molecule has 0 aromatic carbocycles. The van der Waals surface area contributed by atoms with Crippen LogP contribution in [0.4, 0.5) is 0 Å². The molecule has 0 aromatic rings. The summed E-state index contributed by atoms with van der Waals surface area (Å²) < 4.78 is 0. The van der Waals surface area contributed by atoms with Gasteiger partial charge in [0.1, 0.15) is 10.1 Å². The van der Waals surface area contributed by atoms with E-state index in [0.29, 0.717) is 21.5 Å². The van der Waals surface area contributed by atoms with Crippen LogP contribution in [0, 0.1) is 0 Å². The standard InChI is InChI=1S/C8H6N2O2S2/c1-3-7(11)13-5(9-3)6-10-4(2)8(12)14-6/h1-2H3/b6-5+. The molecule has 0 unspecified atom stereocenters. The summed E-state index contributed by atoms with van der Waals surface area (Å²) in [6, 6.07) is 0. The molecular weight excluding hydrogens is 220 g/mol. The summed E-state index contributed by atoms with van der Waals surface area (Å²) in [6.07, 6.45) is 0. The Kier molecular flexibility index (Phi) is 2.32. The molecule has 2 rings (SSSR count). The number of aliphatic imine (C=N–C) groups is 2. The van der Waals surface area contributed by atoms with E-state index in [9.17, 15) is 9.59 Å². The number of carbonyl (C=O) groups is 2. The van der Waals surface area contributed by atoms with E-state index in [1.165, 1.54) is 0 Å². The molecule has 0 aromatic heterocycles. The second-order valence-corrected chi connectivity index (χ2v) is 4.71. The van der Waals surface area contributed by atoms with Gasteiger partial charge >= 0.3 is 0 Å². The number of thioether (sulfide) groups is 2. The van der Waals surface area contributed by atoms with Gasteiger partial charge < -0.3 is 0 Å². The third-order valence-electron chi connectivity index (χ3n) is 1.69. The van der Waals surface area contributed by atoms with Crippen LogP contribution in [0.5, 0.6) is 0 Å². The minimum absolute atomic E-state index is 0.0692. The average Bonchev–Trinajstić information content (AvgIpc) is 2.60. The highest BCUT2D eigenvalue weighted by molar-refractivity contribution is 8.22. The maximum absolute atomic E-state index is 11.2. The monoisotopic (exact) mass is 226 g/mol. The van der Waals surface area contributed by atoms with Crippen molar-refractivity contribution in [2.24, 2.45) is 9.98 Å². The lowest BCUT2D eigenvalue weighted by molar-refractivity contribution is -0.106. The molecular formula is C8H6N2O2S2. The van der Waals surface area contributed by atoms with Gasteiger partial charge in [-0.15, -0.1) is 0 Å². The Hall–Kier alpha value is -0.880. The van der Waals surface area contributed by atoms with Crippen LogP contribution in [0.3, 0.4) is 0 Å². The van der Waals surface area contributed by atoms with Crippen molar-refractivity contribution in [3.63, 3.8) is 0 Å². The topological polar surface area (TPSA) is 58.9 Å². The first kappa shape index (κ1) is 9.67. The largest absolute Gasteiger partial charge is 0.280 e. The van der Waals surface area contributed by atoms with E-state index in [1.807, 2.05) is 0 Å². The number of hydrogen-bond donors (Lipinski definition) is 0. The van der Waals surface area contributed by atoms with Crippen LogP contribution in [0.2, 0.25) is 0 Å². The van der Waals surface area contributed by atoms with E-state index >= 15 is 0 Å². The van der Waals surface area contributed by atoms with Gasteiger partial charge in [0.15, 0.2) is 0 Å². The molecule has 0 bridgehead atoms. The van der Waals surface area contributed by atoms with Crippen LogP contribution in [-0.4, -0.2) is 21.7 Å². The van der Waals surface area contributed by atoms with Crippen molar-refractivity contribution < 1.29 is 9.59 Å². The first-order valence-corrected chi connectivity index (χ1v) is 5.50. The van der Waals surface area contributed by atoms with Crippen molar-refractivity contribution in [3.8, 4) is 0 Å². The summed E-state index contributed by atoms with van der Waals surface area (Å²) in [4.78, 5) is 30.4. The quantitative estimate of drug-likeness (QED) is 0.629. The number of nitrogens with zero attached hydrogens (tertiary/aromatic N) is 2. The molecule has 14 heavy (non-hydrogen) atoms. The molecule has 4 nitrogen and oxygen atoms in total. The zero-order valence-corrected chi connectivity index (χ0v) is 9.16. The van der Waals surface area contributed by atoms with Crippen molar-refractivity contribution in [1.29, 1.82) is 0 Å². The van der Waals surface area contributed by atoms with Crippen LogP contribution in [0.1, 0.15) is 13.8 Å². The second-order valence-electron chi connectivity index (χ2n) is 2.78. The molecule has 0 spiro atoms. The minimum Gasteiger partial charge on any atom is -0.280 e. The zero-order chi connectivity index (χ0) is 10.3. The van der Waals surface area contributed by atoms with Crippen LogP contribution >= 0.6 is 23.5 Å². The molecule has 2 aliphatic heterocycles. The maximum atomic E-state index is 11.2. The molecule has 0 radical (unpaired) electrons. The molecule has 0 aliphatic carbocycles. The summed E-state index contributed by atoms with van der Waals surface area (Å²) >= 11 is 2.06. The van der Waals surface area contributed by atoms with Gasteiger partial charge in [0.25, 0.3) is 0 Å². The van der Waals surface area contributed by atoms with Crippen LogP contribution in [0.15, 0.2) is 20.0 Å². The molecule has 2 aliphatic rings. The Bertz CT molecular complexity index is 395. The first-order chi connectivity index (χ1) is 6.58. The van der Waals surface area contributed by atoms with Gasteiger partial charge in [0.05, 0.1) is 11.4 Å². The van der Waals surface area contributed by atoms with Gasteiger partial charge in [-0.1, -0.05) is 0 Å². The second kappa shape index (κ2) is 3.36. The molecule has 0 saturated carbocycles. The normalized spacial score (nSPS) is 27.0. The smallest absolute Gasteiger partial charge is 0.239 e. The highest BCUT2D eigenvalue weighted by atomic mass is 32.2. The third kappa shape index (κ3) is 1.55. The number of hydrogen-bond acceptors (Lipinski definition) is 6. The summed E-state index contributed by atoms with van der Waals surface area (Å²) in [6.45, 7) is 3.31. The van der Waals surface area contributed by atoms with Crippen LogP contribution in [0.25, 0.3) is 0 Å². The third-order valence-corrected chi connectivity index (χ3v) is 3.74. The Morgan fingerprint density at radius 2 is 1.21 bits per heavy atom. The van der Waals surface area contributed by atoms with Gasteiger partial charge in [-0.25, -0.2) is 9.98 Å². The first-order valence-electron chi connectivity index (χ1n) is 3.87. The highest BCUT2D eigenvalue weighted by Crippen LogP contribution is 2.37. The summed E-state index contributed by atoms with van der Waals surface area (Å²) in [7, 11) is 0. The van der Waals surface area contributed by atoms with Gasteiger partial charge in [-0.05, 0) is 37.4 Å². The molecule has 6 heteroatoms. The SMILES string of the molecule is CC1=N/C(=C2/N=C(C)C(=O)S2)SC1=O. The predicted octanol–water partition coefficient (Wildman–Crippen LogP) is 1.58. The fraction of sp³-hybridized carbons (Fsp3) is 0.250. The van der Waals surface area contributed by atoms with Gasteiger partial charge in [0, 0.05) is 0 Å². The molecule has 2 heterocycles. The van der Waals surface area contributed by atoms with E-state index in [0.717, 1.165) is 23.5 Å². The van der Waals surface area contributed by atoms with Crippen molar-refractivity contribution >= 4 is 45.2 Å². The van der Waals surface area contributed by atoms with Gasteiger partial charge in [-0.3, -0.25) is 9.59 Å². The van der Waals surface area contributed by atoms with Crippen molar-refractivity contribution in [2.75, 3.05) is 0 Å². The van der Waals surface area contributed by atoms with Crippen molar-refractivity contribution in [3.05, 3.63) is 10.1 Å².